The van der Waals surface area contributed by atoms with Gasteiger partial charge in [0.05, 0.1) is 5.41 Å². The topological polar surface area (TPSA) is 57.6 Å². The number of hydrogen-bond donors (Lipinski definition) is 1. The molecule has 1 N–H and O–H groups in total. The lowest BCUT2D eigenvalue weighted by Crippen LogP contribution is -2.48. The second kappa shape index (κ2) is 5.05. The summed E-state index contributed by atoms with van der Waals surface area (Å²) in [5.41, 5.74) is -1.28. The summed E-state index contributed by atoms with van der Waals surface area (Å²) in [6.45, 7) is 9.57. The molecule has 2 aliphatic rings. The number of piperidine rings is 1. The minimum absolute atomic E-state index is 0.156. The van der Waals surface area contributed by atoms with Gasteiger partial charge in [-0.3, -0.25) is 9.59 Å². The Labute approximate surface area is 121 Å². The van der Waals surface area contributed by atoms with Crippen LogP contribution in [0.2, 0.25) is 0 Å². The number of carbonyl (C=O) groups is 2. The van der Waals surface area contributed by atoms with Gasteiger partial charge in [0.1, 0.15) is 0 Å². The first-order valence-corrected chi connectivity index (χ1v) is 7.72. The molecule has 1 saturated carbocycles. The smallest absolute Gasteiger partial charge is 0.309 e. The second-order valence-electron chi connectivity index (χ2n) is 7.46. The fourth-order valence-electron chi connectivity index (χ4n) is 3.76. The molecule has 0 bridgehead atoms. The summed E-state index contributed by atoms with van der Waals surface area (Å²) in [6.07, 6.45) is 3.42. The van der Waals surface area contributed by atoms with Crippen LogP contribution in [-0.4, -0.2) is 35.0 Å². The van der Waals surface area contributed by atoms with E-state index in [1.807, 2.05) is 18.7 Å². The van der Waals surface area contributed by atoms with Gasteiger partial charge in [0, 0.05) is 19.0 Å². The number of carboxylic acids is 1. The Kier molecular flexibility index (Phi) is 3.87. The number of carbonyl (C=O) groups excluding carboxylic acids is 1. The van der Waals surface area contributed by atoms with Gasteiger partial charge >= 0.3 is 5.97 Å². The van der Waals surface area contributed by atoms with Gasteiger partial charge in [0.2, 0.25) is 5.91 Å². The van der Waals surface area contributed by atoms with Crippen LogP contribution >= 0.6 is 0 Å². The summed E-state index contributed by atoms with van der Waals surface area (Å²) in [5, 5.41) is 9.53. The summed E-state index contributed by atoms with van der Waals surface area (Å²) in [6, 6.07) is 0. The monoisotopic (exact) mass is 281 g/mol. The molecule has 4 heteroatoms. The van der Waals surface area contributed by atoms with E-state index in [-0.39, 0.29) is 11.8 Å². The Morgan fingerprint density at radius 2 is 1.65 bits per heavy atom. The van der Waals surface area contributed by atoms with Crippen LogP contribution in [-0.2, 0) is 9.59 Å². The fraction of sp³-hybridized carbons (Fsp3) is 0.875. The molecule has 0 radical (unpaired) electrons. The van der Waals surface area contributed by atoms with Gasteiger partial charge in [-0.1, -0.05) is 20.8 Å². The Hall–Kier alpha value is -1.06. The SMILES string of the molecule is CC1CCN(C(=O)[C@@H]2CC[C@@](C)(C(=O)O)C2(C)C)CC1. The maximum absolute atomic E-state index is 12.8. The van der Waals surface area contributed by atoms with Crippen LogP contribution in [0.4, 0.5) is 0 Å². The van der Waals surface area contributed by atoms with E-state index in [1.54, 1.807) is 6.92 Å². The maximum Gasteiger partial charge on any atom is 0.309 e. The minimum Gasteiger partial charge on any atom is -0.481 e. The van der Waals surface area contributed by atoms with Gasteiger partial charge in [0.25, 0.3) is 0 Å². The van der Waals surface area contributed by atoms with Crippen molar-refractivity contribution in [3.63, 3.8) is 0 Å². The van der Waals surface area contributed by atoms with E-state index in [0.717, 1.165) is 25.9 Å². The van der Waals surface area contributed by atoms with E-state index >= 15 is 0 Å². The van der Waals surface area contributed by atoms with E-state index in [0.29, 0.717) is 18.8 Å². The molecule has 2 fully saturated rings. The van der Waals surface area contributed by atoms with Crippen molar-refractivity contribution in [2.24, 2.45) is 22.7 Å². The summed E-state index contributed by atoms with van der Waals surface area (Å²) in [4.78, 5) is 26.3. The number of nitrogens with zero attached hydrogens (tertiary/aromatic N) is 1. The molecule has 2 rings (SSSR count). The van der Waals surface area contributed by atoms with E-state index < -0.39 is 16.8 Å². The molecule has 0 spiro atoms. The number of likely N-dealkylation sites (tertiary alicyclic amines) is 1. The molecule has 0 aromatic heterocycles. The third-order valence-electron chi connectivity index (χ3n) is 6.09. The number of aliphatic carboxylic acids is 1. The first-order chi connectivity index (χ1) is 9.20. The van der Waals surface area contributed by atoms with Crippen LogP contribution in [0.25, 0.3) is 0 Å². The average Bonchev–Trinajstić information content (AvgIpc) is 2.62. The molecule has 114 valence electrons. The molecule has 0 unspecified atom stereocenters. The zero-order chi connectivity index (χ0) is 15.1. The Morgan fingerprint density at radius 1 is 1.10 bits per heavy atom. The number of carboxylic acid groups (broad SMARTS) is 1. The van der Waals surface area contributed by atoms with Crippen LogP contribution in [0.5, 0.6) is 0 Å². The molecule has 4 nitrogen and oxygen atoms in total. The lowest BCUT2D eigenvalue weighted by molar-refractivity contribution is -0.156. The van der Waals surface area contributed by atoms with E-state index in [2.05, 4.69) is 6.92 Å². The molecule has 2 atom stereocenters. The third kappa shape index (κ3) is 2.23. The minimum atomic E-state index is -0.795. The van der Waals surface area contributed by atoms with Gasteiger partial charge in [-0.2, -0.15) is 0 Å². The summed E-state index contributed by atoms with van der Waals surface area (Å²) >= 11 is 0. The van der Waals surface area contributed by atoms with Crippen molar-refractivity contribution in [2.75, 3.05) is 13.1 Å². The normalized spacial score (nSPS) is 34.2. The van der Waals surface area contributed by atoms with Gasteiger partial charge in [-0.15, -0.1) is 0 Å². The maximum atomic E-state index is 12.8. The number of amides is 1. The molecule has 1 saturated heterocycles. The predicted molar refractivity (Wildman–Crippen MR) is 77.2 cm³/mol. The van der Waals surface area contributed by atoms with Gasteiger partial charge in [-0.05, 0) is 43.9 Å². The Morgan fingerprint density at radius 3 is 2.10 bits per heavy atom. The quantitative estimate of drug-likeness (QED) is 0.846. The number of rotatable bonds is 2. The van der Waals surface area contributed by atoms with E-state index in [9.17, 15) is 14.7 Å². The van der Waals surface area contributed by atoms with Crippen molar-refractivity contribution >= 4 is 11.9 Å². The zero-order valence-corrected chi connectivity index (χ0v) is 13.1. The van der Waals surface area contributed by atoms with Crippen molar-refractivity contribution in [3.05, 3.63) is 0 Å². The van der Waals surface area contributed by atoms with E-state index in [4.69, 9.17) is 0 Å². The third-order valence-corrected chi connectivity index (χ3v) is 6.09. The van der Waals surface area contributed by atoms with Crippen molar-refractivity contribution in [3.8, 4) is 0 Å². The van der Waals surface area contributed by atoms with Gasteiger partial charge in [0.15, 0.2) is 0 Å². The molecule has 1 heterocycles. The highest BCUT2D eigenvalue weighted by molar-refractivity contribution is 5.84. The van der Waals surface area contributed by atoms with Crippen molar-refractivity contribution in [2.45, 2.75) is 53.4 Å². The Balaban J connectivity index is 2.14. The van der Waals surface area contributed by atoms with Crippen LogP contribution in [0.15, 0.2) is 0 Å². The first kappa shape index (κ1) is 15.3. The fourth-order valence-corrected chi connectivity index (χ4v) is 3.76. The molecule has 0 aromatic carbocycles. The van der Waals surface area contributed by atoms with Gasteiger partial charge in [-0.25, -0.2) is 0 Å². The van der Waals surface area contributed by atoms with Crippen molar-refractivity contribution in [1.82, 2.24) is 4.90 Å². The first-order valence-electron chi connectivity index (χ1n) is 7.72. The lowest BCUT2D eigenvalue weighted by atomic mass is 9.65. The van der Waals surface area contributed by atoms with Crippen LogP contribution in [0.3, 0.4) is 0 Å². The molecular formula is C16H27NO3. The van der Waals surface area contributed by atoms with E-state index in [1.165, 1.54) is 0 Å². The molecule has 20 heavy (non-hydrogen) atoms. The number of hydrogen-bond acceptors (Lipinski definition) is 2. The second-order valence-corrected chi connectivity index (χ2v) is 7.46. The predicted octanol–water partition coefficient (Wildman–Crippen LogP) is 2.77. The van der Waals surface area contributed by atoms with Crippen LogP contribution in [0, 0.1) is 22.7 Å². The van der Waals surface area contributed by atoms with Gasteiger partial charge < -0.3 is 10.0 Å². The van der Waals surface area contributed by atoms with Crippen molar-refractivity contribution < 1.29 is 14.7 Å². The Bertz CT molecular complexity index is 410. The average molecular weight is 281 g/mol. The highest BCUT2D eigenvalue weighted by Crippen LogP contribution is 2.56. The van der Waals surface area contributed by atoms with Crippen LogP contribution in [0.1, 0.15) is 53.4 Å². The molecule has 1 amide bonds. The summed E-state index contributed by atoms with van der Waals surface area (Å²) in [5.74, 6) is -0.0612. The molecule has 1 aliphatic carbocycles. The highest BCUT2D eigenvalue weighted by atomic mass is 16.4. The largest absolute Gasteiger partial charge is 0.481 e. The standard InChI is InChI=1S/C16H27NO3/c1-11-6-9-17(10-7-11)13(18)12-5-8-16(4,14(19)20)15(12,2)3/h11-12H,5-10H2,1-4H3,(H,19,20)/t12-,16-/m0/s1. The lowest BCUT2D eigenvalue weighted by Gasteiger charge is -2.40. The molecular weight excluding hydrogens is 254 g/mol. The highest BCUT2D eigenvalue weighted by Gasteiger charge is 2.58. The van der Waals surface area contributed by atoms with Crippen LogP contribution < -0.4 is 0 Å². The molecule has 1 aliphatic heterocycles. The zero-order valence-electron chi connectivity index (χ0n) is 13.1. The molecule has 0 aromatic rings. The summed E-state index contributed by atoms with van der Waals surface area (Å²) in [7, 11) is 0. The summed E-state index contributed by atoms with van der Waals surface area (Å²) < 4.78 is 0. The van der Waals surface area contributed by atoms with Crippen molar-refractivity contribution in [1.29, 1.82) is 0 Å².